The van der Waals surface area contributed by atoms with Crippen molar-refractivity contribution in [3.05, 3.63) is 78.3 Å². The first kappa shape index (κ1) is 20.0. The summed E-state index contributed by atoms with van der Waals surface area (Å²) in [5, 5.41) is 5.52. The highest BCUT2D eigenvalue weighted by molar-refractivity contribution is 6.04. The molecule has 0 saturated carbocycles. The molecule has 1 atom stereocenters. The standard InChI is InChI=1S/C22H22N2O5/c1-15(29-20-12-6-5-11-19(20)27-2)21(25)24-18-10-4-3-9-17(18)22(26)23-14-16-8-7-13-28-16/h3-13,15H,14H2,1-2H3,(H,23,26)(H,24,25). The van der Waals surface area contributed by atoms with Gasteiger partial charge in [-0.25, -0.2) is 0 Å². The Labute approximate surface area is 168 Å². The van der Waals surface area contributed by atoms with Gasteiger partial charge in [-0.05, 0) is 43.3 Å². The van der Waals surface area contributed by atoms with E-state index in [4.69, 9.17) is 13.9 Å². The molecule has 0 aliphatic carbocycles. The molecule has 3 aromatic rings. The third-order valence-corrected chi connectivity index (χ3v) is 4.17. The fourth-order valence-corrected chi connectivity index (χ4v) is 2.66. The van der Waals surface area contributed by atoms with Crippen LogP contribution in [-0.4, -0.2) is 25.0 Å². The molecular formula is C22H22N2O5. The van der Waals surface area contributed by atoms with Gasteiger partial charge in [-0.3, -0.25) is 9.59 Å². The zero-order chi connectivity index (χ0) is 20.6. The highest BCUT2D eigenvalue weighted by Crippen LogP contribution is 2.27. The molecule has 1 heterocycles. The third kappa shape index (κ3) is 5.16. The van der Waals surface area contributed by atoms with Gasteiger partial charge in [0.2, 0.25) is 0 Å². The first-order valence-electron chi connectivity index (χ1n) is 9.08. The first-order valence-corrected chi connectivity index (χ1v) is 9.08. The summed E-state index contributed by atoms with van der Waals surface area (Å²) >= 11 is 0. The van der Waals surface area contributed by atoms with Crippen molar-refractivity contribution >= 4 is 17.5 Å². The van der Waals surface area contributed by atoms with Crippen LogP contribution in [0.25, 0.3) is 0 Å². The minimum atomic E-state index is -0.800. The largest absolute Gasteiger partial charge is 0.493 e. The number of anilines is 1. The lowest BCUT2D eigenvalue weighted by atomic mass is 10.1. The molecule has 0 saturated heterocycles. The molecule has 2 aromatic carbocycles. The van der Waals surface area contributed by atoms with Gasteiger partial charge >= 0.3 is 0 Å². The summed E-state index contributed by atoms with van der Waals surface area (Å²) in [6, 6.07) is 17.4. The molecule has 0 radical (unpaired) electrons. The van der Waals surface area contributed by atoms with E-state index >= 15 is 0 Å². The molecule has 0 aliphatic heterocycles. The first-order chi connectivity index (χ1) is 14.1. The van der Waals surface area contributed by atoms with Gasteiger partial charge in [0.05, 0.1) is 31.2 Å². The zero-order valence-electron chi connectivity index (χ0n) is 16.2. The molecule has 0 fully saturated rings. The summed E-state index contributed by atoms with van der Waals surface area (Å²) < 4.78 is 16.2. The summed E-state index contributed by atoms with van der Waals surface area (Å²) in [5.41, 5.74) is 0.738. The van der Waals surface area contributed by atoms with Gasteiger partial charge in [-0.15, -0.1) is 0 Å². The molecule has 3 rings (SSSR count). The Morgan fingerprint density at radius 2 is 1.72 bits per heavy atom. The SMILES string of the molecule is COc1ccccc1OC(C)C(=O)Nc1ccccc1C(=O)NCc1ccco1. The number of benzene rings is 2. The van der Waals surface area contributed by atoms with Crippen LogP contribution in [0.2, 0.25) is 0 Å². The molecule has 1 aromatic heterocycles. The maximum Gasteiger partial charge on any atom is 0.265 e. The van der Waals surface area contributed by atoms with Gasteiger partial charge < -0.3 is 24.5 Å². The number of furan rings is 1. The summed E-state index contributed by atoms with van der Waals surface area (Å²) in [6.45, 7) is 1.88. The molecule has 29 heavy (non-hydrogen) atoms. The number of carbonyl (C=O) groups is 2. The van der Waals surface area contributed by atoms with Crippen LogP contribution in [0.1, 0.15) is 23.0 Å². The van der Waals surface area contributed by atoms with Crippen molar-refractivity contribution in [3.8, 4) is 11.5 Å². The number of nitrogens with one attached hydrogen (secondary N) is 2. The normalized spacial score (nSPS) is 11.4. The molecule has 0 bridgehead atoms. The quantitative estimate of drug-likeness (QED) is 0.609. The van der Waals surface area contributed by atoms with E-state index in [0.717, 1.165) is 0 Å². The lowest BCUT2D eigenvalue weighted by molar-refractivity contribution is -0.122. The number of para-hydroxylation sites is 3. The van der Waals surface area contributed by atoms with Crippen LogP contribution in [0.15, 0.2) is 71.3 Å². The highest BCUT2D eigenvalue weighted by atomic mass is 16.5. The Balaban J connectivity index is 1.66. The van der Waals surface area contributed by atoms with E-state index in [9.17, 15) is 9.59 Å². The van der Waals surface area contributed by atoms with Crippen molar-refractivity contribution < 1.29 is 23.5 Å². The van der Waals surface area contributed by atoms with Crippen LogP contribution in [0.5, 0.6) is 11.5 Å². The molecule has 2 amide bonds. The number of amides is 2. The van der Waals surface area contributed by atoms with Gasteiger partial charge in [0, 0.05) is 0 Å². The smallest absolute Gasteiger partial charge is 0.265 e. The molecule has 0 spiro atoms. The minimum Gasteiger partial charge on any atom is -0.493 e. The molecule has 7 nitrogen and oxygen atoms in total. The molecule has 0 aliphatic rings. The maximum atomic E-state index is 12.6. The van der Waals surface area contributed by atoms with Crippen molar-refractivity contribution in [2.45, 2.75) is 19.6 Å². The Kier molecular flexibility index (Phi) is 6.52. The minimum absolute atomic E-state index is 0.251. The van der Waals surface area contributed by atoms with E-state index in [-0.39, 0.29) is 18.4 Å². The number of ether oxygens (including phenoxy) is 2. The third-order valence-electron chi connectivity index (χ3n) is 4.17. The second kappa shape index (κ2) is 9.45. The van der Waals surface area contributed by atoms with E-state index in [1.807, 2.05) is 6.07 Å². The number of carbonyl (C=O) groups excluding carboxylic acids is 2. The van der Waals surface area contributed by atoms with E-state index in [0.29, 0.717) is 28.5 Å². The monoisotopic (exact) mass is 394 g/mol. The van der Waals surface area contributed by atoms with Gasteiger partial charge in [0.1, 0.15) is 5.76 Å². The lowest BCUT2D eigenvalue weighted by Gasteiger charge is -2.17. The van der Waals surface area contributed by atoms with Crippen LogP contribution in [0, 0.1) is 0 Å². The highest BCUT2D eigenvalue weighted by Gasteiger charge is 2.19. The van der Waals surface area contributed by atoms with Crippen LogP contribution >= 0.6 is 0 Å². The fourth-order valence-electron chi connectivity index (χ4n) is 2.66. The predicted molar refractivity (Wildman–Crippen MR) is 108 cm³/mol. The van der Waals surface area contributed by atoms with Gasteiger partial charge in [0.15, 0.2) is 17.6 Å². The van der Waals surface area contributed by atoms with Crippen LogP contribution in [0.3, 0.4) is 0 Å². The maximum absolute atomic E-state index is 12.6. The Morgan fingerprint density at radius 3 is 2.45 bits per heavy atom. The Hall–Kier alpha value is -3.74. The van der Waals surface area contributed by atoms with Crippen LogP contribution in [-0.2, 0) is 11.3 Å². The molecular weight excluding hydrogens is 372 g/mol. The Morgan fingerprint density at radius 1 is 1.00 bits per heavy atom. The van der Waals surface area contributed by atoms with Crippen LogP contribution < -0.4 is 20.1 Å². The number of rotatable bonds is 8. The number of methoxy groups -OCH3 is 1. The van der Waals surface area contributed by atoms with Crippen molar-refractivity contribution in [1.29, 1.82) is 0 Å². The topological polar surface area (TPSA) is 89.8 Å². The summed E-state index contributed by atoms with van der Waals surface area (Å²) in [6.07, 6.45) is 0.740. The van der Waals surface area contributed by atoms with Gasteiger partial charge in [-0.1, -0.05) is 24.3 Å². The van der Waals surface area contributed by atoms with E-state index in [1.54, 1.807) is 67.8 Å². The fraction of sp³-hybridized carbons (Fsp3) is 0.182. The summed E-state index contributed by atoms with van der Waals surface area (Å²) in [7, 11) is 1.53. The van der Waals surface area contributed by atoms with Gasteiger partial charge in [-0.2, -0.15) is 0 Å². The summed E-state index contributed by atoms with van der Waals surface area (Å²) in [5.74, 6) is 0.920. The predicted octanol–water partition coefficient (Wildman–Crippen LogP) is 3.62. The summed E-state index contributed by atoms with van der Waals surface area (Å²) in [4.78, 5) is 25.1. The van der Waals surface area contributed by atoms with Crippen LogP contribution in [0.4, 0.5) is 5.69 Å². The molecule has 150 valence electrons. The zero-order valence-corrected chi connectivity index (χ0v) is 16.2. The molecule has 1 unspecified atom stereocenters. The van der Waals surface area contributed by atoms with Crippen molar-refractivity contribution in [2.24, 2.45) is 0 Å². The van der Waals surface area contributed by atoms with Crippen molar-refractivity contribution in [1.82, 2.24) is 5.32 Å². The van der Waals surface area contributed by atoms with Gasteiger partial charge in [0.25, 0.3) is 11.8 Å². The lowest BCUT2D eigenvalue weighted by Crippen LogP contribution is -2.31. The second-order valence-corrected chi connectivity index (χ2v) is 6.21. The van der Waals surface area contributed by atoms with Crippen molar-refractivity contribution in [2.75, 3.05) is 12.4 Å². The Bertz CT molecular complexity index is 969. The van der Waals surface area contributed by atoms with Crippen molar-refractivity contribution in [3.63, 3.8) is 0 Å². The molecule has 2 N–H and O–H groups in total. The average Bonchev–Trinajstić information content (AvgIpc) is 3.26. The second-order valence-electron chi connectivity index (χ2n) is 6.21. The molecule has 7 heteroatoms. The van der Waals surface area contributed by atoms with E-state index < -0.39 is 6.10 Å². The van der Waals surface area contributed by atoms with E-state index in [2.05, 4.69) is 10.6 Å². The van der Waals surface area contributed by atoms with E-state index in [1.165, 1.54) is 7.11 Å². The number of hydrogen-bond acceptors (Lipinski definition) is 5. The number of hydrogen-bond donors (Lipinski definition) is 2. The average molecular weight is 394 g/mol.